The van der Waals surface area contributed by atoms with Gasteiger partial charge in [0.2, 0.25) is 10.0 Å². The molecule has 2 aromatic rings. The molecule has 0 aliphatic heterocycles. The van der Waals surface area contributed by atoms with Crippen molar-refractivity contribution in [2.75, 3.05) is 13.2 Å². The van der Waals surface area contributed by atoms with Crippen LogP contribution in [0.25, 0.3) is 0 Å². The fraction of sp³-hybridized carbons (Fsp3) is 0.286. The Labute approximate surface area is 122 Å². The van der Waals surface area contributed by atoms with Gasteiger partial charge in [-0.15, -0.1) is 0 Å². The number of hydrogen-bond donors (Lipinski definition) is 1. The predicted octanol–water partition coefficient (Wildman–Crippen LogP) is 1.99. The first kappa shape index (κ1) is 15.7. The van der Waals surface area contributed by atoms with E-state index in [-0.39, 0.29) is 31.0 Å². The minimum atomic E-state index is -3.99. The van der Waals surface area contributed by atoms with Gasteiger partial charge in [0.25, 0.3) is 0 Å². The van der Waals surface area contributed by atoms with Gasteiger partial charge in [-0.3, -0.25) is 0 Å². The fourth-order valence-corrected chi connectivity index (χ4v) is 3.41. The lowest BCUT2D eigenvalue weighted by Crippen LogP contribution is -2.32. The summed E-state index contributed by atoms with van der Waals surface area (Å²) in [5, 5.41) is 8.91. The van der Waals surface area contributed by atoms with Crippen molar-refractivity contribution >= 4 is 10.0 Å². The second-order valence-electron chi connectivity index (χ2n) is 4.43. The number of nitrogens with zero attached hydrogens (tertiary/aromatic N) is 1. The van der Waals surface area contributed by atoms with Crippen molar-refractivity contribution < 1.29 is 22.3 Å². The van der Waals surface area contributed by atoms with Gasteiger partial charge in [-0.1, -0.05) is 12.1 Å². The quantitative estimate of drug-likeness (QED) is 0.848. The molecule has 1 heterocycles. The Bertz CT molecular complexity index is 670. The monoisotopic (exact) mass is 313 g/mol. The van der Waals surface area contributed by atoms with E-state index >= 15 is 0 Å². The van der Waals surface area contributed by atoms with Gasteiger partial charge < -0.3 is 9.52 Å². The van der Waals surface area contributed by atoms with Crippen LogP contribution in [0, 0.1) is 5.82 Å². The van der Waals surface area contributed by atoms with E-state index in [2.05, 4.69) is 0 Å². The number of halogens is 1. The van der Waals surface area contributed by atoms with Crippen LogP contribution in [-0.2, 0) is 16.6 Å². The molecular weight excluding hydrogens is 297 g/mol. The predicted molar refractivity (Wildman–Crippen MR) is 74.4 cm³/mol. The summed E-state index contributed by atoms with van der Waals surface area (Å²) >= 11 is 0. The molecule has 0 aliphatic rings. The summed E-state index contributed by atoms with van der Waals surface area (Å²) in [6.07, 6.45) is 1.70. The first-order chi connectivity index (χ1) is 10.1. The average molecular weight is 313 g/mol. The van der Waals surface area contributed by atoms with E-state index in [1.54, 1.807) is 12.1 Å². The number of rotatable bonds is 7. The number of benzene rings is 1. The maximum absolute atomic E-state index is 13.8. The minimum absolute atomic E-state index is 0.0103. The first-order valence-corrected chi connectivity index (χ1v) is 7.87. The molecule has 0 amide bonds. The SMILES string of the molecule is O=S(=O)(c1ccccc1F)N(CCCO)Cc1ccco1. The third-order valence-corrected chi connectivity index (χ3v) is 4.81. The summed E-state index contributed by atoms with van der Waals surface area (Å²) in [4.78, 5) is -0.380. The van der Waals surface area contributed by atoms with Gasteiger partial charge in [0.05, 0.1) is 12.8 Å². The zero-order chi connectivity index (χ0) is 15.3. The zero-order valence-electron chi connectivity index (χ0n) is 11.3. The fourth-order valence-electron chi connectivity index (χ4n) is 1.90. The van der Waals surface area contributed by atoms with Crippen LogP contribution >= 0.6 is 0 Å². The molecule has 0 unspecified atom stereocenters. The van der Waals surface area contributed by atoms with E-state index in [0.29, 0.717) is 5.76 Å². The van der Waals surface area contributed by atoms with Crippen molar-refractivity contribution in [2.45, 2.75) is 17.9 Å². The maximum atomic E-state index is 13.8. The maximum Gasteiger partial charge on any atom is 0.246 e. The van der Waals surface area contributed by atoms with Gasteiger partial charge in [0.15, 0.2) is 0 Å². The molecule has 0 saturated heterocycles. The molecule has 5 nitrogen and oxygen atoms in total. The molecule has 2 rings (SSSR count). The number of aliphatic hydroxyl groups excluding tert-OH is 1. The molecule has 1 aromatic carbocycles. The average Bonchev–Trinajstić information content (AvgIpc) is 2.96. The van der Waals surface area contributed by atoms with Crippen LogP contribution in [0.15, 0.2) is 52.0 Å². The molecule has 0 saturated carbocycles. The number of furan rings is 1. The largest absolute Gasteiger partial charge is 0.468 e. The summed E-state index contributed by atoms with van der Waals surface area (Å²) in [6, 6.07) is 8.51. The molecule has 0 atom stereocenters. The summed E-state index contributed by atoms with van der Waals surface area (Å²) < 4.78 is 45.1. The van der Waals surface area contributed by atoms with E-state index in [0.717, 1.165) is 10.4 Å². The second kappa shape index (κ2) is 6.84. The zero-order valence-corrected chi connectivity index (χ0v) is 12.1. The molecule has 1 aromatic heterocycles. The lowest BCUT2D eigenvalue weighted by atomic mass is 10.3. The highest BCUT2D eigenvalue weighted by molar-refractivity contribution is 7.89. The number of aliphatic hydroxyl groups is 1. The molecular formula is C14H16FNO4S. The highest BCUT2D eigenvalue weighted by atomic mass is 32.2. The van der Waals surface area contributed by atoms with Crippen molar-refractivity contribution in [3.63, 3.8) is 0 Å². The Balaban J connectivity index is 2.32. The Morgan fingerprint density at radius 3 is 2.57 bits per heavy atom. The Hall–Kier alpha value is -1.70. The molecule has 114 valence electrons. The van der Waals surface area contributed by atoms with Crippen LogP contribution in [-0.4, -0.2) is 31.0 Å². The van der Waals surface area contributed by atoms with E-state index in [1.165, 1.54) is 24.5 Å². The number of hydrogen-bond acceptors (Lipinski definition) is 4. The van der Waals surface area contributed by atoms with Crippen LogP contribution in [0.4, 0.5) is 4.39 Å². The smallest absolute Gasteiger partial charge is 0.246 e. The summed E-state index contributed by atoms with van der Waals surface area (Å²) in [5.74, 6) is -0.348. The lowest BCUT2D eigenvalue weighted by Gasteiger charge is -2.21. The van der Waals surface area contributed by atoms with E-state index in [9.17, 15) is 12.8 Å². The molecule has 21 heavy (non-hydrogen) atoms. The van der Waals surface area contributed by atoms with Gasteiger partial charge in [-0.2, -0.15) is 4.31 Å². The molecule has 1 N–H and O–H groups in total. The van der Waals surface area contributed by atoms with E-state index in [4.69, 9.17) is 9.52 Å². The van der Waals surface area contributed by atoms with Crippen molar-refractivity contribution in [3.05, 3.63) is 54.2 Å². The van der Waals surface area contributed by atoms with Crippen molar-refractivity contribution in [2.24, 2.45) is 0 Å². The molecule has 7 heteroatoms. The molecule has 0 aliphatic carbocycles. The minimum Gasteiger partial charge on any atom is -0.468 e. The molecule has 0 bridgehead atoms. The van der Waals surface area contributed by atoms with Gasteiger partial charge in [-0.05, 0) is 30.7 Å². The van der Waals surface area contributed by atoms with Crippen molar-refractivity contribution in [3.8, 4) is 0 Å². The molecule has 0 radical (unpaired) electrons. The van der Waals surface area contributed by atoms with Crippen LogP contribution in [0.3, 0.4) is 0 Å². The van der Waals surface area contributed by atoms with Crippen LogP contribution in [0.5, 0.6) is 0 Å². The Kier molecular flexibility index (Phi) is 5.11. The van der Waals surface area contributed by atoms with Gasteiger partial charge in [0.1, 0.15) is 16.5 Å². The van der Waals surface area contributed by atoms with Crippen LogP contribution < -0.4 is 0 Å². The third-order valence-electron chi connectivity index (χ3n) is 2.93. The summed E-state index contributed by atoms with van der Waals surface area (Å²) in [6.45, 7) is -0.0843. The second-order valence-corrected chi connectivity index (χ2v) is 6.33. The van der Waals surface area contributed by atoms with E-state index in [1.807, 2.05) is 0 Å². The van der Waals surface area contributed by atoms with Crippen molar-refractivity contribution in [1.29, 1.82) is 0 Å². The van der Waals surface area contributed by atoms with Crippen LogP contribution in [0.2, 0.25) is 0 Å². The normalized spacial score (nSPS) is 12.0. The summed E-state index contributed by atoms with van der Waals surface area (Å²) in [7, 11) is -3.99. The van der Waals surface area contributed by atoms with Crippen LogP contribution in [0.1, 0.15) is 12.2 Å². The standard InChI is InChI=1S/C14H16FNO4S/c15-13-6-1-2-7-14(13)21(18,19)16(8-4-9-17)11-12-5-3-10-20-12/h1-3,5-7,10,17H,4,8-9,11H2. The highest BCUT2D eigenvalue weighted by Crippen LogP contribution is 2.21. The topological polar surface area (TPSA) is 70.8 Å². The Morgan fingerprint density at radius 1 is 1.19 bits per heavy atom. The van der Waals surface area contributed by atoms with E-state index < -0.39 is 15.8 Å². The molecule has 0 fully saturated rings. The summed E-state index contributed by atoms with van der Waals surface area (Å²) in [5.41, 5.74) is 0. The van der Waals surface area contributed by atoms with Gasteiger partial charge in [0, 0.05) is 13.2 Å². The van der Waals surface area contributed by atoms with Gasteiger partial charge >= 0.3 is 0 Å². The first-order valence-electron chi connectivity index (χ1n) is 6.43. The number of sulfonamides is 1. The highest BCUT2D eigenvalue weighted by Gasteiger charge is 2.27. The Morgan fingerprint density at radius 2 is 1.95 bits per heavy atom. The lowest BCUT2D eigenvalue weighted by molar-refractivity contribution is 0.263. The third kappa shape index (κ3) is 3.69. The molecule has 0 spiro atoms. The van der Waals surface area contributed by atoms with Gasteiger partial charge in [-0.25, -0.2) is 12.8 Å². The van der Waals surface area contributed by atoms with Crippen molar-refractivity contribution in [1.82, 2.24) is 4.31 Å².